The first-order chi connectivity index (χ1) is 7.75. The number of hydrogen-bond acceptors (Lipinski definition) is 4. The van der Waals surface area contributed by atoms with Crippen LogP contribution in [0.4, 0.5) is 11.6 Å². The van der Waals surface area contributed by atoms with Gasteiger partial charge in [0.2, 0.25) is 0 Å². The van der Waals surface area contributed by atoms with Crippen molar-refractivity contribution in [2.45, 2.75) is 6.54 Å². The van der Waals surface area contributed by atoms with Gasteiger partial charge in [-0.15, -0.1) is 0 Å². The summed E-state index contributed by atoms with van der Waals surface area (Å²) in [4.78, 5) is 7.85. The normalized spacial score (nSPS) is 10.1. The zero-order chi connectivity index (χ0) is 11.4. The molecular weight excluding hydrogens is 224 g/mol. The van der Waals surface area contributed by atoms with E-state index < -0.39 is 0 Å². The van der Waals surface area contributed by atoms with E-state index in [1.807, 2.05) is 24.3 Å². The van der Waals surface area contributed by atoms with Gasteiger partial charge in [-0.3, -0.25) is 0 Å². The molecule has 0 aliphatic rings. The highest BCUT2D eigenvalue weighted by Crippen LogP contribution is 2.16. The summed E-state index contributed by atoms with van der Waals surface area (Å²) in [6, 6.07) is 9.33. The van der Waals surface area contributed by atoms with Gasteiger partial charge in [0.25, 0.3) is 0 Å². The number of nitrogen functional groups attached to an aromatic ring is 1. The Balaban J connectivity index is 2.05. The first-order valence-electron chi connectivity index (χ1n) is 4.80. The van der Waals surface area contributed by atoms with Gasteiger partial charge in [0, 0.05) is 17.6 Å². The predicted octanol–water partition coefficient (Wildman–Crippen LogP) is 2.32. The van der Waals surface area contributed by atoms with Gasteiger partial charge in [-0.2, -0.15) is 0 Å². The third kappa shape index (κ3) is 2.61. The molecule has 0 spiro atoms. The van der Waals surface area contributed by atoms with Crippen molar-refractivity contribution >= 4 is 23.2 Å². The molecule has 0 radical (unpaired) electrons. The van der Waals surface area contributed by atoms with E-state index in [-0.39, 0.29) is 0 Å². The summed E-state index contributed by atoms with van der Waals surface area (Å²) in [5, 5.41) is 3.86. The van der Waals surface area contributed by atoms with Gasteiger partial charge in [-0.1, -0.05) is 29.8 Å². The highest BCUT2D eigenvalue weighted by Gasteiger charge is 1.99. The van der Waals surface area contributed by atoms with Crippen molar-refractivity contribution in [2.24, 2.45) is 0 Å². The third-order valence-corrected chi connectivity index (χ3v) is 2.47. The van der Waals surface area contributed by atoms with Crippen molar-refractivity contribution in [3.05, 3.63) is 47.2 Å². The Morgan fingerprint density at radius 2 is 2.06 bits per heavy atom. The van der Waals surface area contributed by atoms with Crippen molar-refractivity contribution in [1.82, 2.24) is 9.97 Å². The van der Waals surface area contributed by atoms with Crippen molar-refractivity contribution in [1.29, 1.82) is 0 Å². The smallest absolute Gasteiger partial charge is 0.131 e. The largest absolute Gasteiger partial charge is 0.384 e. The Morgan fingerprint density at radius 3 is 2.81 bits per heavy atom. The van der Waals surface area contributed by atoms with Crippen LogP contribution in [0.15, 0.2) is 36.7 Å². The Kier molecular flexibility index (Phi) is 3.22. The lowest BCUT2D eigenvalue weighted by molar-refractivity contribution is 1.08. The summed E-state index contributed by atoms with van der Waals surface area (Å²) in [6.45, 7) is 0.607. The average molecular weight is 235 g/mol. The van der Waals surface area contributed by atoms with E-state index in [1.165, 1.54) is 6.33 Å². The van der Waals surface area contributed by atoms with Crippen LogP contribution in [0.5, 0.6) is 0 Å². The SMILES string of the molecule is Nc1cc(NCc2ccccc2Cl)ncn1. The zero-order valence-electron chi connectivity index (χ0n) is 8.52. The minimum absolute atomic E-state index is 0.441. The van der Waals surface area contributed by atoms with Crippen LogP contribution in [0.2, 0.25) is 5.02 Å². The fourth-order valence-electron chi connectivity index (χ4n) is 1.30. The average Bonchev–Trinajstić information content (AvgIpc) is 2.28. The van der Waals surface area contributed by atoms with Gasteiger partial charge in [0.1, 0.15) is 18.0 Å². The number of nitrogens with two attached hydrogens (primary N) is 1. The van der Waals surface area contributed by atoms with Crippen LogP contribution in [0.3, 0.4) is 0 Å². The van der Waals surface area contributed by atoms with Gasteiger partial charge in [-0.25, -0.2) is 9.97 Å². The molecular formula is C11H11ClN4. The molecule has 1 aromatic heterocycles. The van der Waals surface area contributed by atoms with Gasteiger partial charge in [0.15, 0.2) is 0 Å². The summed E-state index contributed by atoms with van der Waals surface area (Å²) in [5.74, 6) is 1.13. The molecule has 16 heavy (non-hydrogen) atoms. The fourth-order valence-corrected chi connectivity index (χ4v) is 1.50. The molecule has 0 bridgehead atoms. The van der Waals surface area contributed by atoms with Crippen LogP contribution in [0.25, 0.3) is 0 Å². The molecule has 2 rings (SSSR count). The molecule has 0 amide bonds. The molecule has 1 aromatic carbocycles. The lowest BCUT2D eigenvalue weighted by Gasteiger charge is -2.06. The second-order valence-corrected chi connectivity index (χ2v) is 3.68. The minimum Gasteiger partial charge on any atom is -0.384 e. The first kappa shape index (κ1) is 10.7. The number of aromatic nitrogens is 2. The molecule has 0 aliphatic carbocycles. The van der Waals surface area contributed by atoms with E-state index in [2.05, 4.69) is 15.3 Å². The van der Waals surface area contributed by atoms with Crippen LogP contribution in [0.1, 0.15) is 5.56 Å². The summed E-state index contributed by atoms with van der Waals surface area (Å²) < 4.78 is 0. The Labute approximate surface area is 98.5 Å². The molecule has 0 atom stereocenters. The number of benzene rings is 1. The van der Waals surface area contributed by atoms with Crippen LogP contribution >= 0.6 is 11.6 Å². The van der Waals surface area contributed by atoms with Gasteiger partial charge in [0.05, 0.1) is 0 Å². The molecule has 0 saturated heterocycles. The molecule has 3 N–H and O–H groups in total. The number of hydrogen-bond donors (Lipinski definition) is 2. The van der Waals surface area contributed by atoms with Crippen molar-refractivity contribution in [3.63, 3.8) is 0 Å². The Hall–Kier alpha value is -1.81. The Bertz CT molecular complexity index is 487. The number of rotatable bonds is 3. The van der Waals surface area contributed by atoms with Crippen molar-refractivity contribution in [2.75, 3.05) is 11.1 Å². The van der Waals surface area contributed by atoms with Crippen LogP contribution < -0.4 is 11.1 Å². The molecule has 5 heteroatoms. The molecule has 0 aliphatic heterocycles. The maximum atomic E-state index is 6.02. The van der Waals surface area contributed by atoms with Gasteiger partial charge >= 0.3 is 0 Å². The van der Waals surface area contributed by atoms with Crippen LogP contribution in [-0.4, -0.2) is 9.97 Å². The van der Waals surface area contributed by atoms with E-state index >= 15 is 0 Å². The second kappa shape index (κ2) is 4.81. The minimum atomic E-state index is 0.441. The van der Waals surface area contributed by atoms with E-state index in [0.717, 1.165) is 10.6 Å². The van der Waals surface area contributed by atoms with Gasteiger partial charge in [-0.05, 0) is 11.6 Å². The number of halogens is 1. The third-order valence-electron chi connectivity index (χ3n) is 2.11. The summed E-state index contributed by atoms with van der Waals surface area (Å²) >= 11 is 6.02. The predicted molar refractivity (Wildman–Crippen MR) is 65.2 cm³/mol. The summed E-state index contributed by atoms with van der Waals surface area (Å²) in [7, 11) is 0. The monoisotopic (exact) mass is 234 g/mol. The zero-order valence-corrected chi connectivity index (χ0v) is 9.28. The topological polar surface area (TPSA) is 63.8 Å². The Morgan fingerprint density at radius 1 is 1.25 bits per heavy atom. The lowest BCUT2D eigenvalue weighted by atomic mass is 10.2. The highest BCUT2D eigenvalue weighted by molar-refractivity contribution is 6.31. The van der Waals surface area contributed by atoms with E-state index in [1.54, 1.807) is 6.07 Å². The van der Waals surface area contributed by atoms with E-state index in [9.17, 15) is 0 Å². The molecule has 0 saturated carbocycles. The maximum Gasteiger partial charge on any atom is 0.131 e. The molecule has 82 valence electrons. The van der Waals surface area contributed by atoms with Gasteiger partial charge < -0.3 is 11.1 Å². The summed E-state index contributed by atoms with van der Waals surface area (Å²) in [6.07, 6.45) is 1.42. The quantitative estimate of drug-likeness (QED) is 0.856. The molecule has 1 heterocycles. The van der Waals surface area contributed by atoms with E-state index in [4.69, 9.17) is 17.3 Å². The highest BCUT2D eigenvalue weighted by atomic mass is 35.5. The maximum absolute atomic E-state index is 6.02. The lowest BCUT2D eigenvalue weighted by Crippen LogP contribution is -2.03. The number of nitrogens with zero attached hydrogens (tertiary/aromatic N) is 2. The standard InChI is InChI=1S/C11H11ClN4/c12-9-4-2-1-3-8(9)6-14-11-5-10(13)15-7-16-11/h1-5,7H,6H2,(H3,13,14,15,16). The van der Waals surface area contributed by atoms with Crippen LogP contribution in [-0.2, 0) is 6.54 Å². The number of nitrogens with one attached hydrogen (secondary N) is 1. The van der Waals surface area contributed by atoms with Crippen LogP contribution in [0, 0.1) is 0 Å². The summed E-state index contributed by atoms with van der Waals surface area (Å²) in [5.41, 5.74) is 6.56. The number of anilines is 2. The molecule has 0 unspecified atom stereocenters. The van der Waals surface area contributed by atoms with E-state index in [0.29, 0.717) is 18.2 Å². The molecule has 0 fully saturated rings. The fraction of sp³-hybridized carbons (Fsp3) is 0.0909. The molecule has 2 aromatic rings. The van der Waals surface area contributed by atoms with Crippen molar-refractivity contribution in [3.8, 4) is 0 Å². The molecule has 4 nitrogen and oxygen atoms in total. The second-order valence-electron chi connectivity index (χ2n) is 3.27. The first-order valence-corrected chi connectivity index (χ1v) is 5.18. The van der Waals surface area contributed by atoms with Crippen molar-refractivity contribution < 1.29 is 0 Å².